The minimum Gasteiger partial charge on any atom is -0.484 e. The molecule has 1 N–H and O–H groups in total. The topological polar surface area (TPSA) is 75.7 Å². The number of anilines is 1. The predicted molar refractivity (Wildman–Crippen MR) is 119 cm³/mol. The molecule has 0 aliphatic rings. The van der Waals surface area contributed by atoms with Crippen molar-refractivity contribution >= 4 is 23.3 Å². The molecule has 0 bridgehead atoms. The van der Waals surface area contributed by atoms with Gasteiger partial charge in [-0.3, -0.25) is 14.4 Å². The van der Waals surface area contributed by atoms with Gasteiger partial charge in [0.2, 0.25) is 5.91 Å². The monoisotopic (exact) mass is 434 g/mol. The van der Waals surface area contributed by atoms with Gasteiger partial charge in [-0.2, -0.15) is 0 Å². The molecule has 164 valence electrons. The Kier molecular flexibility index (Phi) is 7.33. The van der Waals surface area contributed by atoms with E-state index < -0.39 is 5.82 Å². The second kappa shape index (κ2) is 10.3. The third kappa shape index (κ3) is 6.25. The van der Waals surface area contributed by atoms with Gasteiger partial charge in [-0.1, -0.05) is 17.7 Å². The van der Waals surface area contributed by atoms with Gasteiger partial charge < -0.3 is 15.0 Å². The smallest absolute Gasteiger partial charge is 0.260 e. The number of carbonyl (C=O) groups is 3. The summed E-state index contributed by atoms with van der Waals surface area (Å²) < 4.78 is 18.5. The van der Waals surface area contributed by atoms with Gasteiger partial charge in [0, 0.05) is 23.9 Å². The number of aryl methyl sites for hydroxylation is 1. The third-order valence-electron chi connectivity index (χ3n) is 4.73. The number of benzene rings is 3. The van der Waals surface area contributed by atoms with Crippen molar-refractivity contribution in [3.8, 4) is 5.75 Å². The van der Waals surface area contributed by atoms with Crippen LogP contribution in [0.3, 0.4) is 0 Å². The van der Waals surface area contributed by atoms with Gasteiger partial charge >= 0.3 is 0 Å². The fraction of sp³-hybridized carbons (Fsp3) is 0.160. The van der Waals surface area contributed by atoms with Crippen LogP contribution >= 0.6 is 0 Å². The zero-order chi connectivity index (χ0) is 23.1. The first-order chi connectivity index (χ1) is 15.3. The summed E-state index contributed by atoms with van der Waals surface area (Å²) in [6.07, 6.45) is 0. The second-order valence-electron chi connectivity index (χ2n) is 7.31. The summed E-state index contributed by atoms with van der Waals surface area (Å²) in [7, 11) is 1.52. The Morgan fingerprint density at radius 1 is 0.875 bits per heavy atom. The van der Waals surface area contributed by atoms with Gasteiger partial charge in [-0.15, -0.1) is 0 Å². The molecule has 3 aromatic carbocycles. The summed E-state index contributed by atoms with van der Waals surface area (Å²) in [6.45, 7) is 1.59. The van der Waals surface area contributed by atoms with Crippen LogP contribution in [0.25, 0.3) is 0 Å². The van der Waals surface area contributed by atoms with Crippen molar-refractivity contribution in [1.29, 1.82) is 0 Å². The quantitative estimate of drug-likeness (QED) is 0.547. The molecule has 0 atom stereocenters. The van der Waals surface area contributed by atoms with E-state index in [2.05, 4.69) is 5.32 Å². The Bertz CT molecular complexity index is 1090. The highest BCUT2D eigenvalue weighted by Crippen LogP contribution is 2.16. The Labute approximate surface area is 185 Å². The maximum atomic E-state index is 13.0. The van der Waals surface area contributed by atoms with E-state index in [1.165, 1.54) is 36.2 Å². The summed E-state index contributed by atoms with van der Waals surface area (Å²) in [5.41, 5.74) is 2.54. The van der Waals surface area contributed by atoms with Gasteiger partial charge in [0.05, 0.1) is 6.54 Å². The standard InChI is InChI=1S/C25H23FN2O4/c1-17-3-11-21(12-4-17)27-23(29)15-28(2)24(30)16-32-22-13-7-19(8-14-22)25(31)18-5-9-20(26)10-6-18/h3-14H,15-16H2,1-2H3,(H,27,29). The average Bonchev–Trinajstić information content (AvgIpc) is 2.79. The highest BCUT2D eigenvalue weighted by Gasteiger charge is 2.14. The molecule has 0 saturated heterocycles. The molecule has 0 unspecified atom stereocenters. The van der Waals surface area contributed by atoms with E-state index in [1.54, 1.807) is 36.4 Å². The number of hydrogen-bond acceptors (Lipinski definition) is 4. The maximum Gasteiger partial charge on any atom is 0.260 e. The summed E-state index contributed by atoms with van der Waals surface area (Å²) >= 11 is 0. The molecule has 3 rings (SSSR count). The van der Waals surface area contributed by atoms with Crippen LogP contribution in [-0.2, 0) is 9.59 Å². The van der Waals surface area contributed by atoms with Crippen molar-refractivity contribution in [1.82, 2.24) is 4.90 Å². The maximum absolute atomic E-state index is 13.0. The predicted octanol–water partition coefficient (Wildman–Crippen LogP) is 3.84. The minimum atomic E-state index is -0.410. The zero-order valence-electron chi connectivity index (χ0n) is 17.8. The number of nitrogens with zero attached hydrogens (tertiary/aromatic N) is 1. The molecular weight excluding hydrogens is 411 g/mol. The highest BCUT2D eigenvalue weighted by atomic mass is 19.1. The number of hydrogen-bond donors (Lipinski definition) is 1. The van der Waals surface area contributed by atoms with Gasteiger partial charge in [0.1, 0.15) is 11.6 Å². The number of ketones is 1. The lowest BCUT2D eigenvalue weighted by atomic mass is 10.0. The van der Waals surface area contributed by atoms with Crippen LogP contribution in [0, 0.1) is 12.7 Å². The van der Waals surface area contributed by atoms with Gasteiger partial charge in [0.25, 0.3) is 5.91 Å². The molecule has 6 nitrogen and oxygen atoms in total. The van der Waals surface area contributed by atoms with Crippen molar-refractivity contribution in [2.24, 2.45) is 0 Å². The van der Waals surface area contributed by atoms with E-state index in [0.717, 1.165) is 5.56 Å². The number of carbonyl (C=O) groups excluding carboxylic acids is 3. The molecule has 2 amide bonds. The number of nitrogens with one attached hydrogen (secondary N) is 1. The van der Waals surface area contributed by atoms with E-state index in [4.69, 9.17) is 4.74 Å². The summed E-state index contributed by atoms with van der Waals surface area (Å²) in [6, 6.07) is 19.0. The van der Waals surface area contributed by atoms with Crippen molar-refractivity contribution in [3.05, 3.63) is 95.3 Å². The summed E-state index contributed by atoms with van der Waals surface area (Å²) in [5, 5.41) is 2.74. The number of halogens is 1. The minimum absolute atomic E-state index is 0.110. The van der Waals surface area contributed by atoms with Crippen LogP contribution in [0.5, 0.6) is 5.75 Å². The lowest BCUT2D eigenvalue weighted by Crippen LogP contribution is -2.37. The van der Waals surface area contributed by atoms with Crippen LogP contribution in [0.15, 0.2) is 72.8 Å². The van der Waals surface area contributed by atoms with Crippen LogP contribution in [0.1, 0.15) is 21.5 Å². The largest absolute Gasteiger partial charge is 0.484 e. The lowest BCUT2D eigenvalue weighted by molar-refractivity contribution is -0.135. The number of ether oxygens (including phenoxy) is 1. The van der Waals surface area contributed by atoms with Crippen molar-refractivity contribution in [2.75, 3.05) is 25.5 Å². The van der Waals surface area contributed by atoms with Crippen molar-refractivity contribution in [3.63, 3.8) is 0 Å². The molecular formula is C25H23FN2O4. The third-order valence-corrected chi connectivity index (χ3v) is 4.73. The Morgan fingerprint density at radius 2 is 1.44 bits per heavy atom. The fourth-order valence-electron chi connectivity index (χ4n) is 2.87. The number of rotatable bonds is 8. The van der Waals surface area contributed by atoms with Crippen LogP contribution < -0.4 is 10.1 Å². The molecule has 0 heterocycles. The van der Waals surface area contributed by atoms with E-state index in [1.807, 2.05) is 19.1 Å². The Balaban J connectivity index is 1.48. The first kappa shape index (κ1) is 22.7. The van der Waals surface area contributed by atoms with Gasteiger partial charge in [0.15, 0.2) is 12.4 Å². The van der Waals surface area contributed by atoms with Crippen LogP contribution in [-0.4, -0.2) is 42.7 Å². The molecule has 0 fully saturated rings. The first-order valence-corrected chi connectivity index (χ1v) is 9.95. The van der Waals surface area contributed by atoms with E-state index in [9.17, 15) is 18.8 Å². The molecule has 32 heavy (non-hydrogen) atoms. The van der Waals surface area contributed by atoms with Crippen LogP contribution in [0.2, 0.25) is 0 Å². The second-order valence-corrected chi connectivity index (χ2v) is 7.31. The van der Waals surface area contributed by atoms with Gasteiger partial charge in [-0.25, -0.2) is 4.39 Å². The fourth-order valence-corrected chi connectivity index (χ4v) is 2.87. The number of amides is 2. The van der Waals surface area contributed by atoms with Gasteiger partial charge in [-0.05, 0) is 67.6 Å². The normalized spacial score (nSPS) is 10.3. The van der Waals surface area contributed by atoms with E-state index >= 15 is 0 Å². The Hall–Kier alpha value is -4.00. The molecule has 0 aliphatic carbocycles. The van der Waals surface area contributed by atoms with Crippen molar-refractivity contribution < 1.29 is 23.5 Å². The molecule has 0 saturated carbocycles. The lowest BCUT2D eigenvalue weighted by Gasteiger charge is -2.17. The SMILES string of the molecule is Cc1ccc(NC(=O)CN(C)C(=O)COc2ccc(C(=O)c3ccc(F)cc3)cc2)cc1. The Morgan fingerprint density at radius 3 is 2.03 bits per heavy atom. The number of likely N-dealkylation sites (N-methyl/N-ethyl adjacent to an activating group) is 1. The molecule has 7 heteroatoms. The van der Waals surface area contributed by atoms with E-state index in [-0.39, 0.29) is 30.7 Å². The zero-order valence-corrected chi connectivity index (χ0v) is 17.8. The molecule has 0 radical (unpaired) electrons. The molecule has 0 spiro atoms. The highest BCUT2D eigenvalue weighted by molar-refractivity contribution is 6.09. The van der Waals surface area contributed by atoms with Crippen LogP contribution in [0.4, 0.5) is 10.1 Å². The molecule has 3 aromatic rings. The molecule has 0 aliphatic heterocycles. The first-order valence-electron chi connectivity index (χ1n) is 9.95. The van der Waals surface area contributed by atoms with Crippen molar-refractivity contribution in [2.45, 2.75) is 6.92 Å². The molecule has 0 aromatic heterocycles. The summed E-state index contributed by atoms with van der Waals surface area (Å²) in [4.78, 5) is 38.1. The average molecular weight is 434 g/mol. The van der Waals surface area contributed by atoms with E-state index in [0.29, 0.717) is 22.6 Å². The summed E-state index contributed by atoms with van der Waals surface area (Å²) in [5.74, 6) is -0.921.